The van der Waals surface area contributed by atoms with Crippen molar-refractivity contribution < 1.29 is 22.6 Å². The minimum absolute atomic E-state index is 0.0206. The van der Waals surface area contributed by atoms with Gasteiger partial charge >= 0.3 is 0 Å². The van der Waals surface area contributed by atoms with E-state index in [1.807, 2.05) is 50.3 Å². The predicted octanol–water partition coefficient (Wildman–Crippen LogP) is 5.37. The van der Waals surface area contributed by atoms with E-state index >= 15 is 0 Å². The van der Waals surface area contributed by atoms with Crippen LogP contribution >= 0.6 is 0 Å². The van der Waals surface area contributed by atoms with Crippen molar-refractivity contribution in [2.75, 3.05) is 5.75 Å². The second kappa shape index (κ2) is 7.01. The molecule has 1 aromatic carbocycles. The minimum Gasteiger partial charge on any atom is -0.294 e. The summed E-state index contributed by atoms with van der Waals surface area (Å²) in [4.78, 5) is 26.5. The zero-order chi connectivity index (χ0) is 24.9. The second-order valence-corrected chi connectivity index (χ2v) is 13.7. The maximum Gasteiger partial charge on any atom is 0.265 e. The number of hydrogen-bond acceptors (Lipinski definition) is 4. The fraction of sp³-hybridized carbons (Fsp3) is 0.571. The van der Waals surface area contributed by atoms with E-state index in [0.717, 1.165) is 36.0 Å². The number of carbonyl (C=O) groups is 2. The molecule has 0 saturated heterocycles. The molecule has 0 aromatic heterocycles. The Kier molecular flexibility index (Phi) is 4.88. The molecule has 4 atom stereocenters. The molecule has 0 aliphatic heterocycles. The lowest BCUT2D eigenvalue weighted by Crippen LogP contribution is -2.42. The van der Waals surface area contributed by atoms with Crippen LogP contribution in [0.5, 0.6) is 0 Å². The molecule has 34 heavy (non-hydrogen) atoms. The van der Waals surface area contributed by atoms with Crippen LogP contribution in [0.2, 0.25) is 0 Å². The smallest absolute Gasteiger partial charge is 0.265 e. The summed E-state index contributed by atoms with van der Waals surface area (Å²) in [6.45, 7) is 10.4. The molecule has 0 heterocycles. The highest BCUT2D eigenvalue weighted by Gasteiger charge is 2.67. The molecule has 4 aliphatic rings. The molecule has 4 aliphatic carbocycles. The van der Waals surface area contributed by atoms with E-state index in [9.17, 15) is 22.6 Å². The maximum absolute atomic E-state index is 13.4. The van der Waals surface area contributed by atoms with Gasteiger partial charge in [-0.05, 0) is 77.2 Å². The van der Waals surface area contributed by atoms with E-state index < -0.39 is 26.7 Å². The van der Waals surface area contributed by atoms with Crippen LogP contribution in [0.1, 0.15) is 71.4 Å². The quantitative estimate of drug-likeness (QED) is 0.460. The van der Waals surface area contributed by atoms with Crippen molar-refractivity contribution >= 4 is 33.8 Å². The summed E-state index contributed by atoms with van der Waals surface area (Å²) < 4.78 is 33.0. The van der Waals surface area contributed by atoms with Gasteiger partial charge in [0, 0.05) is 11.0 Å². The first kappa shape index (κ1) is 23.7. The van der Waals surface area contributed by atoms with Gasteiger partial charge in [0.2, 0.25) is 0 Å². The Balaban J connectivity index is 1.44. The van der Waals surface area contributed by atoms with Crippen molar-refractivity contribution in [1.82, 2.24) is 0 Å². The van der Waals surface area contributed by atoms with Gasteiger partial charge in [0.25, 0.3) is 10.1 Å². The Morgan fingerprint density at radius 3 is 1.76 bits per heavy atom. The predicted molar refractivity (Wildman–Crippen MR) is 132 cm³/mol. The van der Waals surface area contributed by atoms with Gasteiger partial charge in [0.15, 0.2) is 11.6 Å². The zero-order valence-corrected chi connectivity index (χ0v) is 21.5. The van der Waals surface area contributed by atoms with E-state index in [1.54, 1.807) is 0 Å². The average molecular weight is 483 g/mol. The largest absolute Gasteiger partial charge is 0.294 e. The van der Waals surface area contributed by atoms with Gasteiger partial charge in [-0.3, -0.25) is 14.1 Å². The van der Waals surface area contributed by atoms with Crippen molar-refractivity contribution in [3.05, 3.63) is 46.5 Å². The molecule has 0 radical (unpaired) electrons. The first-order valence-corrected chi connectivity index (χ1v) is 13.8. The summed E-state index contributed by atoms with van der Waals surface area (Å²) >= 11 is 0. The molecule has 4 saturated carbocycles. The Morgan fingerprint density at radius 2 is 1.29 bits per heavy atom. The summed E-state index contributed by atoms with van der Waals surface area (Å²) in [6, 6.07) is 7.85. The van der Waals surface area contributed by atoms with Gasteiger partial charge in [0.05, 0.1) is 11.2 Å². The fourth-order valence-corrected chi connectivity index (χ4v) is 9.01. The number of ketones is 2. The van der Waals surface area contributed by atoms with Crippen LogP contribution in [0.15, 0.2) is 35.4 Å². The van der Waals surface area contributed by atoms with Gasteiger partial charge < -0.3 is 0 Å². The topological polar surface area (TPSA) is 88.5 Å². The summed E-state index contributed by atoms with van der Waals surface area (Å²) in [6.07, 6.45) is 7.14. The van der Waals surface area contributed by atoms with Crippen molar-refractivity contribution in [3.63, 3.8) is 0 Å². The lowest BCUT2D eigenvalue weighted by atomic mass is 9.70. The van der Waals surface area contributed by atoms with Crippen LogP contribution in [0.3, 0.4) is 0 Å². The third-order valence-corrected chi connectivity index (χ3v) is 11.3. The zero-order valence-electron chi connectivity index (χ0n) is 20.6. The van der Waals surface area contributed by atoms with Gasteiger partial charge in [-0.15, -0.1) is 0 Å². The van der Waals surface area contributed by atoms with Crippen molar-refractivity contribution in [2.45, 2.75) is 60.3 Å². The molecular weight excluding hydrogens is 448 g/mol. The molecule has 6 heteroatoms. The number of rotatable bonds is 4. The maximum atomic E-state index is 13.4. The normalized spacial score (nSPS) is 37.9. The molecule has 5 rings (SSSR count). The van der Waals surface area contributed by atoms with Crippen LogP contribution in [0.25, 0.3) is 12.2 Å². The fourth-order valence-electron chi connectivity index (χ4n) is 7.73. The Hall–Kier alpha value is -2.05. The van der Waals surface area contributed by atoms with Crippen molar-refractivity contribution in [2.24, 2.45) is 33.5 Å². The average Bonchev–Trinajstić information content (AvgIpc) is 3.22. The summed E-state index contributed by atoms with van der Waals surface area (Å²) in [5.74, 6) is -0.131. The number of Topliss-reactive ketones (excluding diaryl/α,β-unsaturated/α-hetero) is 2. The molecule has 1 N–H and O–H groups in total. The molecule has 4 fully saturated rings. The molecule has 5 nitrogen and oxygen atoms in total. The molecule has 4 unspecified atom stereocenters. The number of allylic oxidation sites excluding steroid dienone is 2. The molecule has 1 aromatic rings. The van der Waals surface area contributed by atoms with E-state index in [0.29, 0.717) is 17.9 Å². The van der Waals surface area contributed by atoms with Crippen molar-refractivity contribution in [3.8, 4) is 0 Å². The molecule has 0 amide bonds. The van der Waals surface area contributed by atoms with Crippen LogP contribution < -0.4 is 0 Å². The minimum atomic E-state index is -4.27. The number of benzene rings is 1. The van der Waals surface area contributed by atoms with Gasteiger partial charge in [-0.25, -0.2) is 0 Å². The SMILES string of the molecule is CC12CCC(/C(=C\c3ccc(/C=C4\C(=O)C5(CS(=O)(=O)O)CCC4C5(C)C)cc3)C1=O)C2(C)C. The second-order valence-electron chi connectivity index (χ2n) is 12.3. The van der Waals surface area contributed by atoms with Gasteiger partial charge in [-0.1, -0.05) is 58.9 Å². The Labute approximate surface area is 202 Å². The first-order chi connectivity index (χ1) is 15.6. The Bertz CT molecular complexity index is 1260. The van der Waals surface area contributed by atoms with Gasteiger partial charge in [0.1, 0.15) is 0 Å². The molecule has 182 valence electrons. The van der Waals surface area contributed by atoms with E-state index in [1.165, 1.54) is 0 Å². The number of carbonyl (C=O) groups excluding carboxylic acids is 2. The van der Waals surface area contributed by atoms with Crippen LogP contribution in [0.4, 0.5) is 0 Å². The highest BCUT2D eigenvalue weighted by atomic mass is 32.2. The standard InChI is InChI=1S/C28H34O5S/c1-25(2)21-10-12-27(25,5)23(29)19(21)14-17-6-8-18(9-7-17)15-20-22-11-13-28(24(20)30,26(22,3)4)16-34(31,32)33/h6-9,14-15,21-22H,10-13,16H2,1-5H3,(H,31,32,33)/b19-14+,20-15-. The lowest BCUT2D eigenvalue weighted by molar-refractivity contribution is -0.126. The highest BCUT2D eigenvalue weighted by molar-refractivity contribution is 7.85. The lowest BCUT2D eigenvalue weighted by Gasteiger charge is -2.34. The van der Waals surface area contributed by atoms with E-state index in [4.69, 9.17) is 0 Å². The van der Waals surface area contributed by atoms with Crippen LogP contribution in [-0.4, -0.2) is 30.3 Å². The van der Waals surface area contributed by atoms with E-state index in [-0.39, 0.29) is 28.3 Å². The van der Waals surface area contributed by atoms with Gasteiger partial charge in [-0.2, -0.15) is 8.42 Å². The summed E-state index contributed by atoms with van der Waals surface area (Å²) in [5, 5.41) is 0. The highest BCUT2D eigenvalue weighted by Crippen LogP contribution is 2.67. The Morgan fingerprint density at radius 1 is 0.824 bits per heavy atom. The molecular formula is C28H34O5S. The number of hydrogen-bond donors (Lipinski definition) is 1. The van der Waals surface area contributed by atoms with Crippen LogP contribution in [0, 0.1) is 33.5 Å². The summed E-state index contributed by atoms with van der Waals surface area (Å²) in [5.41, 5.74) is 1.55. The summed E-state index contributed by atoms with van der Waals surface area (Å²) in [7, 11) is -4.27. The van der Waals surface area contributed by atoms with E-state index in [2.05, 4.69) is 20.8 Å². The first-order valence-electron chi connectivity index (χ1n) is 12.2. The monoisotopic (exact) mass is 482 g/mol. The molecule has 0 spiro atoms. The third kappa shape index (κ3) is 2.97. The van der Waals surface area contributed by atoms with Crippen molar-refractivity contribution in [1.29, 1.82) is 0 Å². The van der Waals surface area contributed by atoms with Crippen LogP contribution in [-0.2, 0) is 19.7 Å². The third-order valence-electron chi connectivity index (χ3n) is 10.4. The number of fused-ring (bicyclic) bond motifs is 4. The molecule has 4 bridgehead atoms.